The fraction of sp³-hybridized carbons (Fsp3) is 0.429. The van der Waals surface area contributed by atoms with E-state index >= 15 is 0 Å². The Labute approximate surface area is 127 Å². The molecule has 1 aliphatic heterocycles. The number of fused-ring (bicyclic) bond motifs is 1. The van der Waals surface area contributed by atoms with Crippen molar-refractivity contribution in [1.82, 2.24) is 0 Å². The van der Waals surface area contributed by atoms with E-state index in [-0.39, 0.29) is 11.8 Å². The molecule has 0 radical (unpaired) electrons. The summed E-state index contributed by atoms with van der Waals surface area (Å²) < 4.78 is 1.05. The molecule has 20 heavy (non-hydrogen) atoms. The number of benzene rings is 1. The third kappa shape index (κ3) is 3.02. The highest BCUT2D eigenvalue weighted by molar-refractivity contribution is 8.38. The zero-order valence-electron chi connectivity index (χ0n) is 11.8. The summed E-state index contributed by atoms with van der Waals surface area (Å²) in [5, 5.41) is 1.38. The zero-order chi connectivity index (χ0) is 14.5. The van der Waals surface area contributed by atoms with Crippen LogP contribution in [0, 0.1) is 0 Å². The standard InChI is InChI=1S/C14H18N2O2S2/c1-18-16-12-7-5-4-6-10(12)11(13(16)17)8-9-15-14(19-2)20-3/h4-7,11H,8-9H2,1-3H3. The number of rotatable bonds is 4. The first kappa shape index (κ1) is 15.4. The lowest BCUT2D eigenvalue weighted by Crippen LogP contribution is -2.27. The molecule has 1 heterocycles. The summed E-state index contributed by atoms with van der Waals surface area (Å²) in [7, 11) is 1.52. The molecule has 1 amide bonds. The number of carbonyl (C=O) groups excluding carboxylic acids is 1. The van der Waals surface area contributed by atoms with Crippen LogP contribution in [0.25, 0.3) is 0 Å². The van der Waals surface area contributed by atoms with Crippen LogP contribution in [0.1, 0.15) is 17.9 Å². The van der Waals surface area contributed by atoms with E-state index in [1.165, 1.54) is 12.2 Å². The second-order valence-electron chi connectivity index (χ2n) is 4.27. The Morgan fingerprint density at radius 1 is 1.35 bits per heavy atom. The lowest BCUT2D eigenvalue weighted by molar-refractivity contribution is -0.125. The normalized spacial score (nSPS) is 17.2. The summed E-state index contributed by atoms with van der Waals surface area (Å²) in [5.74, 6) is -0.154. The van der Waals surface area contributed by atoms with Crippen LogP contribution in [-0.2, 0) is 9.63 Å². The molecule has 0 saturated carbocycles. The van der Waals surface area contributed by atoms with Gasteiger partial charge in [-0.05, 0) is 30.6 Å². The lowest BCUT2D eigenvalue weighted by Gasteiger charge is -2.13. The van der Waals surface area contributed by atoms with Crippen molar-refractivity contribution in [3.63, 3.8) is 0 Å². The molecule has 0 N–H and O–H groups in total. The van der Waals surface area contributed by atoms with Crippen molar-refractivity contribution >= 4 is 39.5 Å². The minimum Gasteiger partial charge on any atom is -0.272 e. The van der Waals surface area contributed by atoms with Gasteiger partial charge in [0, 0.05) is 6.54 Å². The van der Waals surface area contributed by atoms with Crippen LogP contribution >= 0.6 is 23.5 Å². The van der Waals surface area contributed by atoms with Gasteiger partial charge in [-0.25, -0.2) is 0 Å². The number of amides is 1. The van der Waals surface area contributed by atoms with Crippen LogP contribution in [0.5, 0.6) is 0 Å². The van der Waals surface area contributed by atoms with E-state index in [2.05, 4.69) is 4.99 Å². The lowest BCUT2D eigenvalue weighted by atomic mass is 9.97. The maximum absolute atomic E-state index is 12.4. The van der Waals surface area contributed by atoms with Gasteiger partial charge in [0.15, 0.2) is 0 Å². The quantitative estimate of drug-likeness (QED) is 0.633. The minimum absolute atomic E-state index is 0.00115. The van der Waals surface area contributed by atoms with E-state index in [0.29, 0.717) is 13.0 Å². The van der Waals surface area contributed by atoms with Gasteiger partial charge in [0.05, 0.1) is 18.7 Å². The molecule has 0 aromatic heterocycles. The predicted octanol–water partition coefficient (Wildman–Crippen LogP) is 3.15. The third-order valence-electron chi connectivity index (χ3n) is 3.22. The number of para-hydroxylation sites is 1. The van der Waals surface area contributed by atoms with Gasteiger partial charge in [0.25, 0.3) is 5.91 Å². The fourth-order valence-electron chi connectivity index (χ4n) is 2.33. The van der Waals surface area contributed by atoms with Crippen LogP contribution in [0.15, 0.2) is 29.3 Å². The van der Waals surface area contributed by atoms with Gasteiger partial charge < -0.3 is 0 Å². The average molecular weight is 310 g/mol. The average Bonchev–Trinajstić information content (AvgIpc) is 2.75. The van der Waals surface area contributed by atoms with Gasteiger partial charge in [-0.15, -0.1) is 23.5 Å². The second kappa shape index (κ2) is 7.15. The van der Waals surface area contributed by atoms with E-state index in [4.69, 9.17) is 4.84 Å². The summed E-state index contributed by atoms with van der Waals surface area (Å²) in [6.07, 6.45) is 4.73. The summed E-state index contributed by atoms with van der Waals surface area (Å²) in [5.41, 5.74) is 1.88. The number of thioether (sulfide) groups is 2. The van der Waals surface area contributed by atoms with Crippen molar-refractivity contribution in [3.05, 3.63) is 29.8 Å². The predicted molar refractivity (Wildman–Crippen MR) is 87.6 cm³/mol. The van der Waals surface area contributed by atoms with Crippen molar-refractivity contribution in [1.29, 1.82) is 0 Å². The summed E-state index contributed by atoms with van der Waals surface area (Å²) >= 11 is 3.27. The number of nitrogens with zero attached hydrogens (tertiary/aromatic N) is 2. The van der Waals surface area contributed by atoms with E-state index in [1.54, 1.807) is 23.5 Å². The molecule has 0 saturated heterocycles. The van der Waals surface area contributed by atoms with Gasteiger partial charge in [0.2, 0.25) is 0 Å². The molecule has 1 atom stereocenters. The Kier molecular flexibility index (Phi) is 5.51. The first-order valence-electron chi connectivity index (χ1n) is 6.32. The van der Waals surface area contributed by atoms with Gasteiger partial charge in [0.1, 0.15) is 4.38 Å². The number of hydrogen-bond acceptors (Lipinski definition) is 5. The smallest absolute Gasteiger partial charge is 0.258 e. The molecular weight excluding hydrogens is 292 g/mol. The topological polar surface area (TPSA) is 41.9 Å². The monoisotopic (exact) mass is 310 g/mol. The second-order valence-corrected chi connectivity index (χ2v) is 6.12. The van der Waals surface area contributed by atoms with Crippen molar-refractivity contribution in [2.24, 2.45) is 4.99 Å². The summed E-state index contributed by atoms with van der Waals surface area (Å²) in [6.45, 7) is 0.652. The molecule has 0 aliphatic carbocycles. The molecular formula is C14H18N2O2S2. The molecule has 1 aromatic rings. The molecule has 0 fully saturated rings. The number of hydroxylamine groups is 1. The number of carbonyl (C=O) groups is 1. The Hall–Kier alpha value is -0.980. The van der Waals surface area contributed by atoms with Gasteiger partial charge in [-0.2, -0.15) is 5.06 Å². The first-order chi connectivity index (χ1) is 9.72. The molecule has 0 bridgehead atoms. The van der Waals surface area contributed by atoms with Crippen LogP contribution in [0.4, 0.5) is 5.69 Å². The Balaban J connectivity index is 2.13. The van der Waals surface area contributed by atoms with Crippen molar-refractivity contribution in [3.8, 4) is 0 Å². The van der Waals surface area contributed by atoms with E-state index in [9.17, 15) is 4.79 Å². The summed E-state index contributed by atoms with van der Waals surface area (Å²) in [4.78, 5) is 22.1. The Morgan fingerprint density at radius 2 is 2.05 bits per heavy atom. The van der Waals surface area contributed by atoms with Crippen LogP contribution in [0.3, 0.4) is 0 Å². The number of hydrogen-bond donors (Lipinski definition) is 0. The number of aliphatic imine (C=N–C) groups is 1. The molecule has 1 aromatic carbocycles. The first-order valence-corrected chi connectivity index (χ1v) is 8.77. The van der Waals surface area contributed by atoms with E-state index in [0.717, 1.165) is 15.6 Å². The fourth-order valence-corrected chi connectivity index (χ4v) is 3.43. The number of anilines is 1. The zero-order valence-corrected chi connectivity index (χ0v) is 13.5. The van der Waals surface area contributed by atoms with Crippen molar-refractivity contribution in [2.75, 3.05) is 31.2 Å². The SMILES string of the molecule is CON1C(=O)C(CCN=C(SC)SC)c2ccccc21. The highest BCUT2D eigenvalue weighted by Crippen LogP contribution is 2.38. The molecule has 4 nitrogen and oxygen atoms in total. The highest BCUT2D eigenvalue weighted by atomic mass is 32.2. The van der Waals surface area contributed by atoms with Crippen LogP contribution < -0.4 is 5.06 Å². The Bertz CT molecular complexity index is 514. The third-order valence-corrected chi connectivity index (χ3v) is 5.18. The van der Waals surface area contributed by atoms with E-state index in [1.807, 2.05) is 36.8 Å². The van der Waals surface area contributed by atoms with Gasteiger partial charge >= 0.3 is 0 Å². The van der Waals surface area contributed by atoms with Gasteiger partial charge in [-0.3, -0.25) is 14.6 Å². The van der Waals surface area contributed by atoms with E-state index < -0.39 is 0 Å². The maximum atomic E-state index is 12.4. The minimum atomic E-state index is -0.153. The van der Waals surface area contributed by atoms with Crippen LogP contribution in [-0.4, -0.2) is 36.4 Å². The Morgan fingerprint density at radius 3 is 2.70 bits per heavy atom. The highest BCUT2D eigenvalue weighted by Gasteiger charge is 2.37. The van der Waals surface area contributed by atoms with Gasteiger partial charge in [-0.1, -0.05) is 18.2 Å². The molecule has 0 spiro atoms. The molecule has 1 unspecified atom stereocenters. The molecule has 6 heteroatoms. The molecule has 2 rings (SSSR count). The summed E-state index contributed by atoms with van der Waals surface area (Å²) in [6, 6.07) is 7.77. The largest absolute Gasteiger partial charge is 0.272 e. The van der Waals surface area contributed by atoms with Crippen LogP contribution in [0.2, 0.25) is 0 Å². The molecule has 1 aliphatic rings. The maximum Gasteiger partial charge on any atom is 0.258 e. The molecule has 108 valence electrons. The van der Waals surface area contributed by atoms with Crippen molar-refractivity contribution < 1.29 is 9.63 Å². The van der Waals surface area contributed by atoms with Crippen molar-refractivity contribution in [2.45, 2.75) is 12.3 Å².